The number of aliphatic hydroxyl groups excluding tert-OH is 1. The van der Waals surface area contributed by atoms with Crippen molar-refractivity contribution in [2.75, 3.05) is 20.3 Å². The molecule has 0 bridgehead atoms. The summed E-state index contributed by atoms with van der Waals surface area (Å²) in [6, 6.07) is 6.78. The molecule has 3 amide bonds. The van der Waals surface area contributed by atoms with Crippen LogP contribution in [0.15, 0.2) is 30.3 Å². The molecule has 1 aromatic carbocycles. The highest BCUT2D eigenvalue weighted by molar-refractivity contribution is 5.91. The van der Waals surface area contributed by atoms with Crippen LogP contribution >= 0.6 is 0 Å². The zero-order valence-corrected chi connectivity index (χ0v) is 15.1. The van der Waals surface area contributed by atoms with Crippen LogP contribution in [0.2, 0.25) is 0 Å². The monoisotopic (exact) mass is 381 g/mol. The van der Waals surface area contributed by atoms with Gasteiger partial charge in [-0.1, -0.05) is 30.3 Å². The van der Waals surface area contributed by atoms with Crippen molar-refractivity contribution in [3.8, 4) is 0 Å². The second-order valence-electron chi connectivity index (χ2n) is 5.47. The minimum atomic E-state index is -1.23. The van der Waals surface area contributed by atoms with Gasteiger partial charge >= 0.3 is 12.1 Å². The summed E-state index contributed by atoms with van der Waals surface area (Å²) in [6.07, 6.45) is -0.780. The Balaban J connectivity index is 2.32. The van der Waals surface area contributed by atoms with Crippen molar-refractivity contribution in [1.82, 2.24) is 16.0 Å². The van der Waals surface area contributed by atoms with Gasteiger partial charge in [-0.25, -0.2) is 9.59 Å². The summed E-state index contributed by atoms with van der Waals surface area (Å²) in [5, 5.41) is 15.9. The molecule has 2 unspecified atom stereocenters. The number of hydrogen-bond acceptors (Lipinski definition) is 7. The fraction of sp³-hybridized carbons (Fsp3) is 0.412. The second-order valence-corrected chi connectivity index (χ2v) is 5.47. The molecule has 1 rings (SSSR count). The molecule has 10 nitrogen and oxygen atoms in total. The molecule has 148 valence electrons. The average Bonchev–Trinajstić information content (AvgIpc) is 2.68. The van der Waals surface area contributed by atoms with E-state index >= 15 is 0 Å². The Morgan fingerprint density at radius 2 is 1.78 bits per heavy atom. The minimum Gasteiger partial charge on any atom is -0.467 e. The molecule has 2 atom stereocenters. The molecular formula is C17H23N3O7. The Morgan fingerprint density at radius 1 is 1.11 bits per heavy atom. The molecule has 4 N–H and O–H groups in total. The van der Waals surface area contributed by atoms with Crippen LogP contribution in [0.5, 0.6) is 0 Å². The van der Waals surface area contributed by atoms with E-state index in [1.54, 1.807) is 24.3 Å². The number of rotatable bonds is 9. The molecule has 1 aromatic rings. The van der Waals surface area contributed by atoms with E-state index in [9.17, 15) is 19.2 Å². The number of carbonyl (C=O) groups is 4. The van der Waals surface area contributed by atoms with Crippen LogP contribution in [-0.4, -0.2) is 61.3 Å². The van der Waals surface area contributed by atoms with E-state index in [1.165, 1.54) is 6.92 Å². The van der Waals surface area contributed by atoms with E-state index < -0.39 is 49.1 Å². The Kier molecular flexibility index (Phi) is 9.30. The summed E-state index contributed by atoms with van der Waals surface area (Å²) in [4.78, 5) is 46.6. The molecular weight excluding hydrogens is 358 g/mol. The summed E-state index contributed by atoms with van der Waals surface area (Å²) in [6.45, 7) is 0.398. The van der Waals surface area contributed by atoms with Gasteiger partial charge in [0, 0.05) is 0 Å². The number of methoxy groups -OCH3 is 1. The van der Waals surface area contributed by atoms with Crippen LogP contribution in [-0.2, 0) is 30.5 Å². The van der Waals surface area contributed by atoms with Crippen molar-refractivity contribution in [3.63, 3.8) is 0 Å². The Bertz CT molecular complexity index is 651. The first-order chi connectivity index (χ1) is 12.9. The summed E-state index contributed by atoms with van der Waals surface area (Å²) in [7, 11) is 1.12. The molecule has 0 saturated carbocycles. The number of alkyl carbamates (subject to hydrolysis) is 1. The van der Waals surface area contributed by atoms with Crippen LogP contribution in [0.25, 0.3) is 0 Å². The smallest absolute Gasteiger partial charge is 0.407 e. The predicted octanol–water partition coefficient (Wildman–Crippen LogP) is -0.932. The average molecular weight is 381 g/mol. The molecule has 0 saturated heterocycles. The van der Waals surface area contributed by atoms with Gasteiger partial charge in [-0.2, -0.15) is 0 Å². The standard InChI is InChI=1S/C17H23N3O7/c1-11(15(23)20-13(9-21)16(24)26-2)19-14(22)8-18-17(25)27-10-12-6-4-3-5-7-12/h3-7,11,13,21H,8-10H2,1-2H3,(H,18,25)(H,19,22)(H,20,23). The number of hydrogen-bond donors (Lipinski definition) is 4. The maximum Gasteiger partial charge on any atom is 0.407 e. The van der Waals surface area contributed by atoms with E-state index in [4.69, 9.17) is 9.84 Å². The third-order valence-electron chi connectivity index (χ3n) is 3.36. The maximum atomic E-state index is 11.9. The highest BCUT2D eigenvalue weighted by Gasteiger charge is 2.24. The fourth-order valence-corrected chi connectivity index (χ4v) is 1.90. The molecule has 0 aliphatic rings. The highest BCUT2D eigenvalue weighted by Crippen LogP contribution is 2.00. The molecule has 0 radical (unpaired) electrons. The number of aliphatic hydroxyl groups is 1. The number of carbonyl (C=O) groups excluding carboxylic acids is 4. The van der Waals surface area contributed by atoms with Crippen LogP contribution < -0.4 is 16.0 Å². The van der Waals surface area contributed by atoms with Crippen molar-refractivity contribution < 1.29 is 33.8 Å². The normalized spacial score (nSPS) is 12.3. The first-order valence-electron chi connectivity index (χ1n) is 8.10. The van der Waals surface area contributed by atoms with Gasteiger partial charge in [0.1, 0.15) is 19.2 Å². The SMILES string of the molecule is COC(=O)C(CO)NC(=O)C(C)NC(=O)CNC(=O)OCc1ccccc1. The fourth-order valence-electron chi connectivity index (χ4n) is 1.90. The van der Waals surface area contributed by atoms with Crippen molar-refractivity contribution in [2.24, 2.45) is 0 Å². The topological polar surface area (TPSA) is 143 Å². The lowest BCUT2D eigenvalue weighted by Crippen LogP contribution is -2.53. The van der Waals surface area contributed by atoms with E-state index in [0.29, 0.717) is 0 Å². The molecule has 0 aliphatic heterocycles. The van der Waals surface area contributed by atoms with Gasteiger partial charge in [-0.05, 0) is 12.5 Å². The number of esters is 1. The van der Waals surface area contributed by atoms with Crippen LogP contribution in [0.3, 0.4) is 0 Å². The summed E-state index contributed by atoms with van der Waals surface area (Å²) < 4.78 is 9.37. The van der Waals surface area contributed by atoms with Crippen molar-refractivity contribution in [1.29, 1.82) is 0 Å². The molecule has 0 heterocycles. The van der Waals surface area contributed by atoms with Gasteiger partial charge in [0.05, 0.1) is 13.7 Å². The Labute approximate surface area is 156 Å². The van der Waals surface area contributed by atoms with Crippen molar-refractivity contribution in [3.05, 3.63) is 35.9 Å². The van der Waals surface area contributed by atoms with Gasteiger partial charge in [-0.3, -0.25) is 9.59 Å². The molecule has 0 aromatic heterocycles. The molecule has 0 spiro atoms. The largest absolute Gasteiger partial charge is 0.467 e. The van der Waals surface area contributed by atoms with E-state index in [0.717, 1.165) is 12.7 Å². The Hall–Kier alpha value is -3.14. The zero-order chi connectivity index (χ0) is 20.2. The van der Waals surface area contributed by atoms with Gasteiger partial charge in [0.2, 0.25) is 11.8 Å². The minimum absolute atomic E-state index is 0.0587. The summed E-state index contributed by atoms with van der Waals surface area (Å²) in [5.74, 6) is -2.14. The first kappa shape index (κ1) is 21.9. The van der Waals surface area contributed by atoms with E-state index in [-0.39, 0.29) is 6.61 Å². The first-order valence-corrected chi connectivity index (χ1v) is 8.10. The number of ether oxygens (including phenoxy) is 2. The lowest BCUT2D eigenvalue weighted by molar-refractivity contribution is -0.146. The lowest BCUT2D eigenvalue weighted by Gasteiger charge is -2.18. The van der Waals surface area contributed by atoms with Crippen LogP contribution in [0.4, 0.5) is 4.79 Å². The van der Waals surface area contributed by atoms with Crippen molar-refractivity contribution in [2.45, 2.75) is 25.6 Å². The maximum absolute atomic E-state index is 11.9. The van der Waals surface area contributed by atoms with Crippen LogP contribution in [0, 0.1) is 0 Å². The second kappa shape index (κ2) is 11.5. The number of benzene rings is 1. The quantitative estimate of drug-likeness (QED) is 0.405. The lowest BCUT2D eigenvalue weighted by atomic mass is 10.2. The van der Waals surface area contributed by atoms with Gasteiger partial charge in [0.25, 0.3) is 0 Å². The van der Waals surface area contributed by atoms with Gasteiger partial charge < -0.3 is 30.5 Å². The molecule has 0 fully saturated rings. The van der Waals surface area contributed by atoms with Gasteiger partial charge in [0.15, 0.2) is 6.04 Å². The van der Waals surface area contributed by atoms with Gasteiger partial charge in [-0.15, -0.1) is 0 Å². The van der Waals surface area contributed by atoms with E-state index in [2.05, 4.69) is 20.7 Å². The third-order valence-corrected chi connectivity index (χ3v) is 3.36. The Morgan fingerprint density at radius 3 is 2.37 bits per heavy atom. The summed E-state index contributed by atoms with van der Waals surface area (Å²) >= 11 is 0. The summed E-state index contributed by atoms with van der Waals surface area (Å²) in [5.41, 5.74) is 0.798. The zero-order valence-electron chi connectivity index (χ0n) is 15.1. The third kappa shape index (κ3) is 8.19. The number of amides is 3. The van der Waals surface area contributed by atoms with Crippen molar-refractivity contribution >= 4 is 23.9 Å². The molecule has 10 heteroatoms. The predicted molar refractivity (Wildman–Crippen MR) is 93.3 cm³/mol. The highest BCUT2D eigenvalue weighted by atomic mass is 16.5. The number of nitrogens with one attached hydrogen (secondary N) is 3. The molecule has 27 heavy (non-hydrogen) atoms. The van der Waals surface area contributed by atoms with Crippen LogP contribution in [0.1, 0.15) is 12.5 Å². The molecule has 0 aliphatic carbocycles. The van der Waals surface area contributed by atoms with E-state index in [1.807, 2.05) is 6.07 Å².